The van der Waals surface area contributed by atoms with Crippen LogP contribution in [0.3, 0.4) is 0 Å². The minimum absolute atomic E-state index is 0.0237. The van der Waals surface area contributed by atoms with Gasteiger partial charge in [0.1, 0.15) is 5.82 Å². The highest BCUT2D eigenvalue weighted by molar-refractivity contribution is 6.31. The van der Waals surface area contributed by atoms with Gasteiger partial charge < -0.3 is 20.1 Å². The molecule has 0 radical (unpaired) electrons. The normalized spacial score (nSPS) is 10.4. The Balaban J connectivity index is 1.77. The number of nitrogens with one attached hydrogen (secondary N) is 2. The van der Waals surface area contributed by atoms with Crippen LogP contribution >= 0.6 is 11.6 Å². The molecule has 0 aliphatic carbocycles. The quantitative estimate of drug-likeness (QED) is 0.701. The Morgan fingerprint density at radius 1 is 1.12 bits per heavy atom. The molecule has 25 heavy (non-hydrogen) atoms. The molecule has 0 aliphatic rings. The lowest BCUT2D eigenvalue weighted by molar-refractivity contribution is -0.116. The molecule has 0 unspecified atom stereocenters. The number of ether oxygens (including phenoxy) is 2. The summed E-state index contributed by atoms with van der Waals surface area (Å²) in [5, 5.41) is 5.84. The van der Waals surface area contributed by atoms with Crippen molar-refractivity contribution in [3.63, 3.8) is 0 Å². The van der Waals surface area contributed by atoms with Gasteiger partial charge in [-0.2, -0.15) is 0 Å². The van der Waals surface area contributed by atoms with Crippen molar-refractivity contribution in [1.82, 2.24) is 5.32 Å². The first kappa shape index (κ1) is 19.0. The highest BCUT2D eigenvalue weighted by atomic mass is 35.5. The molecule has 134 valence electrons. The van der Waals surface area contributed by atoms with Gasteiger partial charge in [-0.1, -0.05) is 17.7 Å². The van der Waals surface area contributed by atoms with Gasteiger partial charge in [0.2, 0.25) is 5.91 Å². The molecular weight excluding hydrogens is 347 g/mol. The molecule has 0 aromatic heterocycles. The van der Waals surface area contributed by atoms with Crippen molar-refractivity contribution >= 4 is 23.2 Å². The van der Waals surface area contributed by atoms with Crippen LogP contribution in [-0.2, 0) is 11.3 Å². The highest BCUT2D eigenvalue weighted by Crippen LogP contribution is 2.27. The standard InChI is InChI=1S/C18H20ClFN2O3/c1-24-16-6-3-12(9-17(16)25-2)11-21-8-7-18(23)22-13-4-5-15(20)14(19)10-13/h3-6,9-10,21H,7-8,11H2,1-2H3,(H,22,23). The Labute approximate surface area is 151 Å². The number of hydrogen-bond donors (Lipinski definition) is 2. The number of hydrogen-bond acceptors (Lipinski definition) is 4. The molecule has 1 amide bonds. The number of anilines is 1. The molecule has 0 spiro atoms. The molecule has 0 bridgehead atoms. The van der Waals surface area contributed by atoms with E-state index in [4.69, 9.17) is 21.1 Å². The number of carbonyl (C=O) groups is 1. The Morgan fingerprint density at radius 2 is 1.88 bits per heavy atom. The smallest absolute Gasteiger partial charge is 0.225 e. The van der Waals surface area contributed by atoms with Crippen LogP contribution in [0.25, 0.3) is 0 Å². The third-order valence-corrected chi connectivity index (χ3v) is 3.80. The number of halogens is 2. The monoisotopic (exact) mass is 366 g/mol. The third-order valence-electron chi connectivity index (χ3n) is 3.51. The molecule has 5 nitrogen and oxygen atoms in total. The van der Waals surface area contributed by atoms with E-state index in [1.807, 2.05) is 18.2 Å². The van der Waals surface area contributed by atoms with E-state index in [-0.39, 0.29) is 17.4 Å². The van der Waals surface area contributed by atoms with Gasteiger partial charge in [-0.25, -0.2) is 4.39 Å². The Morgan fingerprint density at radius 3 is 2.56 bits per heavy atom. The molecule has 0 fully saturated rings. The molecule has 2 N–H and O–H groups in total. The van der Waals surface area contributed by atoms with Crippen LogP contribution in [0.2, 0.25) is 5.02 Å². The maximum Gasteiger partial charge on any atom is 0.225 e. The summed E-state index contributed by atoms with van der Waals surface area (Å²) >= 11 is 5.68. The van der Waals surface area contributed by atoms with Crippen molar-refractivity contribution in [2.45, 2.75) is 13.0 Å². The summed E-state index contributed by atoms with van der Waals surface area (Å²) in [6, 6.07) is 9.71. The number of amides is 1. The van der Waals surface area contributed by atoms with E-state index in [2.05, 4.69) is 10.6 Å². The first-order valence-corrected chi connectivity index (χ1v) is 8.08. The first-order chi connectivity index (χ1) is 12.0. The van der Waals surface area contributed by atoms with Gasteiger partial charge in [-0.15, -0.1) is 0 Å². The average molecular weight is 367 g/mol. The maximum absolute atomic E-state index is 13.1. The van der Waals surface area contributed by atoms with Crippen LogP contribution in [0.1, 0.15) is 12.0 Å². The van der Waals surface area contributed by atoms with Crippen LogP contribution in [0, 0.1) is 5.82 Å². The minimum Gasteiger partial charge on any atom is -0.493 e. The van der Waals surface area contributed by atoms with Crippen LogP contribution in [0.5, 0.6) is 11.5 Å². The molecule has 0 aliphatic heterocycles. The van der Waals surface area contributed by atoms with Gasteiger partial charge in [0.25, 0.3) is 0 Å². The van der Waals surface area contributed by atoms with E-state index < -0.39 is 5.82 Å². The molecule has 2 aromatic rings. The Hall–Kier alpha value is -2.31. The molecule has 0 atom stereocenters. The second kappa shape index (κ2) is 9.25. The molecule has 0 saturated carbocycles. The van der Waals surface area contributed by atoms with E-state index in [9.17, 15) is 9.18 Å². The predicted octanol–water partition coefficient (Wildman–Crippen LogP) is 3.61. The van der Waals surface area contributed by atoms with Crippen LogP contribution in [0.4, 0.5) is 10.1 Å². The topological polar surface area (TPSA) is 59.6 Å². The predicted molar refractivity (Wildman–Crippen MR) is 95.9 cm³/mol. The lowest BCUT2D eigenvalue weighted by atomic mass is 10.2. The maximum atomic E-state index is 13.1. The van der Waals surface area contributed by atoms with Crippen molar-refractivity contribution < 1.29 is 18.7 Å². The van der Waals surface area contributed by atoms with Crippen molar-refractivity contribution in [2.75, 3.05) is 26.1 Å². The van der Waals surface area contributed by atoms with Crippen molar-refractivity contribution in [1.29, 1.82) is 0 Å². The summed E-state index contributed by atoms with van der Waals surface area (Å²) in [6.07, 6.45) is 0.280. The fourth-order valence-corrected chi connectivity index (χ4v) is 2.40. The summed E-state index contributed by atoms with van der Waals surface area (Å²) in [7, 11) is 3.17. The number of carbonyl (C=O) groups excluding carboxylic acids is 1. The van der Waals surface area contributed by atoms with Crippen molar-refractivity contribution in [3.8, 4) is 11.5 Å². The fourth-order valence-electron chi connectivity index (χ4n) is 2.22. The zero-order chi connectivity index (χ0) is 18.2. The fraction of sp³-hybridized carbons (Fsp3) is 0.278. The molecule has 2 aromatic carbocycles. The van der Waals surface area contributed by atoms with Crippen molar-refractivity contribution in [2.24, 2.45) is 0 Å². The van der Waals surface area contributed by atoms with Gasteiger partial charge in [0.05, 0.1) is 19.2 Å². The molecule has 0 saturated heterocycles. The zero-order valence-corrected chi connectivity index (χ0v) is 14.8. The molecule has 0 heterocycles. The Kier molecular flexibility index (Phi) is 7.03. The first-order valence-electron chi connectivity index (χ1n) is 7.70. The third kappa shape index (κ3) is 5.62. The highest BCUT2D eigenvalue weighted by Gasteiger charge is 2.06. The molecule has 7 heteroatoms. The summed E-state index contributed by atoms with van der Waals surface area (Å²) in [5.41, 5.74) is 1.49. The summed E-state index contributed by atoms with van der Waals surface area (Å²) in [5.74, 6) is 0.634. The van der Waals surface area contributed by atoms with Crippen molar-refractivity contribution in [3.05, 3.63) is 52.8 Å². The van der Waals surface area contributed by atoms with Gasteiger partial charge in [0.15, 0.2) is 11.5 Å². The zero-order valence-electron chi connectivity index (χ0n) is 14.1. The number of benzene rings is 2. The van der Waals surface area contributed by atoms with E-state index in [1.54, 1.807) is 14.2 Å². The van der Waals surface area contributed by atoms with E-state index >= 15 is 0 Å². The van der Waals surface area contributed by atoms with Gasteiger partial charge in [0, 0.05) is 25.2 Å². The SMILES string of the molecule is COc1ccc(CNCCC(=O)Nc2ccc(F)c(Cl)c2)cc1OC. The van der Waals surface area contributed by atoms with E-state index in [0.717, 1.165) is 5.56 Å². The van der Waals surface area contributed by atoms with Gasteiger partial charge >= 0.3 is 0 Å². The number of rotatable bonds is 8. The van der Waals surface area contributed by atoms with Gasteiger partial charge in [-0.05, 0) is 35.9 Å². The lowest BCUT2D eigenvalue weighted by Gasteiger charge is -2.10. The second-order valence-corrected chi connectivity index (χ2v) is 5.70. The van der Waals surface area contributed by atoms with Crippen LogP contribution in [-0.4, -0.2) is 26.7 Å². The largest absolute Gasteiger partial charge is 0.493 e. The summed E-state index contributed by atoms with van der Waals surface area (Å²) in [6.45, 7) is 1.09. The van der Waals surface area contributed by atoms with Crippen LogP contribution in [0.15, 0.2) is 36.4 Å². The summed E-state index contributed by atoms with van der Waals surface area (Å²) < 4.78 is 23.5. The Bertz CT molecular complexity index is 740. The minimum atomic E-state index is -0.517. The number of methoxy groups -OCH3 is 2. The molecule has 2 rings (SSSR count). The van der Waals surface area contributed by atoms with Crippen LogP contribution < -0.4 is 20.1 Å². The molecular formula is C18H20ClFN2O3. The van der Waals surface area contributed by atoms with E-state index in [1.165, 1.54) is 18.2 Å². The lowest BCUT2D eigenvalue weighted by Crippen LogP contribution is -2.21. The summed E-state index contributed by atoms with van der Waals surface area (Å²) in [4.78, 5) is 11.9. The second-order valence-electron chi connectivity index (χ2n) is 5.29. The van der Waals surface area contributed by atoms with Gasteiger partial charge in [-0.3, -0.25) is 4.79 Å². The average Bonchev–Trinajstić information content (AvgIpc) is 2.61. The van der Waals surface area contributed by atoms with E-state index in [0.29, 0.717) is 30.3 Å².